The average Bonchev–Trinajstić information content (AvgIpc) is 2.57. The fourth-order valence-electron chi connectivity index (χ4n) is 1.55. The number of pyridine rings is 1. The van der Waals surface area contributed by atoms with Crippen LogP contribution in [0.4, 0.5) is 4.79 Å². The summed E-state index contributed by atoms with van der Waals surface area (Å²) in [4.78, 5) is 17.2. The van der Waals surface area contributed by atoms with Gasteiger partial charge in [0.2, 0.25) is 0 Å². The van der Waals surface area contributed by atoms with E-state index in [2.05, 4.69) is 15.3 Å². The van der Waals surface area contributed by atoms with Crippen molar-refractivity contribution < 1.29 is 9.90 Å². The zero-order chi connectivity index (χ0) is 12.4. The van der Waals surface area contributed by atoms with E-state index in [1.165, 1.54) is 0 Å². The van der Waals surface area contributed by atoms with Crippen molar-refractivity contribution in [2.75, 3.05) is 6.54 Å². The van der Waals surface area contributed by atoms with Gasteiger partial charge in [0, 0.05) is 19.3 Å². The Labute approximate surface area is 106 Å². The Kier molecular flexibility index (Phi) is 3.30. The van der Waals surface area contributed by atoms with Gasteiger partial charge in [-0.2, -0.15) is 0 Å². The quantitative estimate of drug-likeness (QED) is 0.590. The zero-order valence-corrected chi connectivity index (χ0v) is 10.2. The highest BCUT2D eigenvalue weighted by Crippen LogP contribution is 2.19. The third-order valence-electron chi connectivity index (χ3n) is 2.26. The Balaban J connectivity index is 2.34. The summed E-state index contributed by atoms with van der Waals surface area (Å²) < 4.78 is 2.26. The van der Waals surface area contributed by atoms with Crippen LogP contribution in [0.1, 0.15) is 0 Å². The SMILES string of the molecule is O=C(O)NCCn1c(=S)[nH]c2c(Cl)nccc21. The van der Waals surface area contributed by atoms with Crippen molar-refractivity contribution in [2.24, 2.45) is 0 Å². The standard InChI is InChI=1S/C9H9ClN4O2S/c10-7-6-5(1-2-11-7)14(8(17)13-6)4-3-12-9(15)16/h1-2,12H,3-4H2,(H,13,17)(H,15,16). The van der Waals surface area contributed by atoms with Gasteiger partial charge in [-0.15, -0.1) is 0 Å². The van der Waals surface area contributed by atoms with Gasteiger partial charge in [-0.25, -0.2) is 9.78 Å². The minimum absolute atomic E-state index is 0.274. The molecular formula is C9H9ClN4O2S. The van der Waals surface area contributed by atoms with E-state index < -0.39 is 6.09 Å². The molecule has 0 saturated carbocycles. The summed E-state index contributed by atoms with van der Waals surface area (Å²) in [5.74, 6) is 0. The number of hydrogen-bond acceptors (Lipinski definition) is 3. The summed E-state index contributed by atoms with van der Waals surface area (Å²) in [6, 6.07) is 1.77. The number of fused-ring (bicyclic) bond motifs is 1. The number of nitrogens with one attached hydrogen (secondary N) is 2. The molecule has 0 fully saturated rings. The van der Waals surface area contributed by atoms with Crippen LogP contribution in [0.25, 0.3) is 11.0 Å². The molecule has 0 aliphatic heterocycles. The first-order valence-electron chi connectivity index (χ1n) is 4.79. The molecule has 0 aliphatic rings. The van der Waals surface area contributed by atoms with Crippen LogP contribution in [0.2, 0.25) is 5.15 Å². The number of aromatic amines is 1. The second kappa shape index (κ2) is 4.72. The normalized spacial score (nSPS) is 10.6. The Bertz CT molecular complexity index is 621. The van der Waals surface area contributed by atoms with E-state index in [0.717, 1.165) is 5.52 Å². The Morgan fingerprint density at radius 3 is 3.18 bits per heavy atom. The van der Waals surface area contributed by atoms with Crippen LogP contribution < -0.4 is 5.32 Å². The van der Waals surface area contributed by atoms with Gasteiger partial charge in [0.05, 0.1) is 5.52 Å². The fourth-order valence-corrected chi connectivity index (χ4v) is 2.04. The maximum absolute atomic E-state index is 10.3. The first kappa shape index (κ1) is 11.9. The van der Waals surface area contributed by atoms with E-state index >= 15 is 0 Å². The van der Waals surface area contributed by atoms with Crippen molar-refractivity contribution in [1.82, 2.24) is 19.9 Å². The molecule has 0 aromatic carbocycles. The molecule has 8 heteroatoms. The monoisotopic (exact) mass is 272 g/mol. The number of halogens is 1. The van der Waals surface area contributed by atoms with Gasteiger partial charge in [-0.1, -0.05) is 11.6 Å². The second-order valence-electron chi connectivity index (χ2n) is 3.31. The van der Waals surface area contributed by atoms with Crippen LogP contribution in [-0.2, 0) is 6.54 Å². The first-order valence-corrected chi connectivity index (χ1v) is 5.58. The van der Waals surface area contributed by atoms with Gasteiger partial charge in [0.25, 0.3) is 0 Å². The van der Waals surface area contributed by atoms with Crippen LogP contribution in [0, 0.1) is 4.77 Å². The number of rotatable bonds is 3. The van der Waals surface area contributed by atoms with Crippen LogP contribution in [-0.4, -0.2) is 32.3 Å². The minimum Gasteiger partial charge on any atom is -0.465 e. The molecule has 1 amide bonds. The van der Waals surface area contributed by atoms with Gasteiger partial charge >= 0.3 is 6.09 Å². The van der Waals surface area contributed by atoms with Crippen molar-refractivity contribution in [3.05, 3.63) is 22.2 Å². The summed E-state index contributed by atoms with van der Waals surface area (Å²) in [6.07, 6.45) is 0.519. The van der Waals surface area contributed by atoms with Crippen molar-refractivity contribution >= 4 is 40.9 Å². The highest BCUT2D eigenvalue weighted by atomic mass is 35.5. The van der Waals surface area contributed by atoms with E-state index in [-0.39, 0.29) is 6.54 Å². The molecule has 6 nitrogen and oxygen atoms in total. The lowest BCUT2D eigenvalue weighted by Crippen LogP contribution is -2.25. The van der Waals surface area contributed by atoms with Crippen molar-refractivity contribution in [2.45, 2.75) is 6.54 Å². The minimum atomic E-state index is -1.06. The first-order chi connectivity index (χ1) is 8.09. The Hall–Kier alpha value is -1.60. The van der Waals surface area contributed by atoms with E-state index in [1.54, 1.807) is 16.8 Å². The largest absolute Gasteiger partial charge is 0.465 e. The van der Waals surface area contributed by atoms with Gasteiger partial charge in [0.1, 0.15) is 5.52 Å². The molecule has 0 aliphatic carbocycles. The number of imidazole rings is 1. The molecule has 2 aromatic heterocycles. The number of aromatic nitrogens is 3. The maximum atomic E-state index is 10.3. The molecule has 0 atom stereocenters. The predicted octanol–water partition coefficient (Wildman–Crippen LogP) is 2.01. The maximum Gasteiger partial charge on any atom is 0.404 e. The third kappa shape index (κ3) is 2.40. The lowest BCUT2D eigenvalue weighted by atomic mass is 10.4. The average molecular weight is 273 g/mol. The lowest BCUT2D eigenvalue weighted by molar-refractivity contribution is 0.194. The van der Waals surface area contributed by atoms with Crippen molar-refractivity contribution in [3.63, 3.8) is 0 Å². The van der Waals surface area contributed by atoms with Gasteiger partial charge < -0.3 is 20.0 Å². The molecule has 0 spiro atoms. The number of hydrogen-bond donors (Lipinski definition) is 3. The van der Waals surface area contributed by atoms with Gasteiger partial charge in [-0.05, 0) is 18.3 Å². The van der Waals surface area contributed by atoms with Crippen LogP contribution in [0.5, 0.6) is 0 Å². The lowest BCUT2D eigenvalue weighted by Gasteiger charge is -2.04. The fraction of sp³-hybridized carbons (Fsp3) is 0.222. The molecule has 2 rings (SSSR count). The summed E-state index contributed by atoms with van der Waals surface area (Å²) in [5, 5.41) is 11.1. The van der Waals surface area contributed by atoms with Gasteiger partial charge in [0.15, 0.2) is 9.92 Å². The highest BCUT2D eigenvalue weighted by Gasteiger charge is 2.07. The molecule has 90 valence electrons. The number of carbonyl (C=O) groups is 1. The number of carboxylic acid groups (broad SMARTS) is 1. The number of amides is 1. The van der Waals surface area contributed by atoms with Crippen molar-refractivity contribution in [3.8, 4) is 0 Å². The summed E-state index contributed by atoms with van der Waals surface area (Å²) in [7, 11) is 0. The number of H-pyrrole nitrogens is 1. The molecular weight excluding hydrogens is 264 g/mol. The van der Waals surface area contributed by atoms with Crippen molar-refractivity contribution in [1.29, 1.82) is 0 Å². The van der Waals surface area contributed by atoms with Crippen LogP contribution >= 0.6 is 23.8 Å². The molecule has 0 bridgehead atoms. The van der Waals surface area contributed by atoms with E-state index in [9.17, 15) is 4.79 Å². The molecule has 0 unspecified atom stereocenters. The highest BCUT2D eigenvalue weighted by molar-refractivity contribution is 7.71. The van der Waals surface area contributed by atoms with E-state index in [1.807, 2.05) is 0 Å². The Morgan fingerprint density at radius 2 is 2.47 bits per heavy atom. The predicted molar refractivity (Wildman–Crippen MR) is 66.0 cm³/mol. The van der Waals surface area contributed by atoms with E-state index in [4.69, 9.17) is 28.9 Å². The summed E-state index contributed by atoms with van der Waals surface area (Å²) >= 11 is 11.1. The zero-order valence-electron chi connectivity index (χ0n) is 8.61. The molecule has 2 heterocycles. The topological polar surface area (TPSA) is 82.9 Å². The second-order valence-corrected chi connectivity index (χ2v) is 4.05. The Morgan fingerprint density at radius 1 is 1.71 bits per heavy atom. The third-order valence-corrected chi connectivity index (χ3v) is 2.87. The summed E-state index contributed by atoms with van der Waals surface area (Å²) in [6.45, 7) is 0.710. The number of nitrogens with zero attached hydrogens (tertiary/aromatic N) is 2. The van der Waals surface area contributed by atoms with Crippen LogP contribution in [0.15, 0.2) is 12.3 Å². The smallest absolute Gasteiger partial charge is 0.404 e. The van der Waals surface area contributed by atoms with E-state index in [0.29, 0.717) is 22.0 Å². The molecule has 3 N–H and O–H groups in total. The molecule has 0 radical (unpaired) electrons. The molecule has 17 heavy (non-hydrogen) atoms. The molecule has 2 aromatic rings. The van der Waals surface area contributed by atoms with Gasteiger partial charge in [-0.3, -0.25) is 0 Å². The molecule has 0 saturated heterocycles. The summed E-state index contributed by atoms with van der Waals surface area (Å²) in [5.41, 5.74) is 1.47. The van der Waals surface area contributed by atoms with Crippen LogP contribution in [0.3, 0.4) is 0 Å².